The first-order valence-electron chi connectivity index (χ1n) is 9.83. The number of carbonyl (C=O) groups excluding carboxylic acids is 1. The third-order valence-electron chi connectivity index (χ3n) is 5.03. The van der Waals surface area contributed by atoms with Gasteiger partial charge in [0, 0.05) is 45.3 Å². The van der Waals surface area contributed by atoms with Gasteiger partial charge < -0.3 is 15.1 Å². The minimum Gasteiger partial charge on any atom is -0.369 e. The summed E-state index contributed by atoms with van der Waals surface area (Å²) >= 11 is 0. The van der Waals surface area contributed by atoms with Gasteiger partial charge in [0.25, 0.3) is 0 Å². The Hall–Kier alpha value is -2.52. The molecule has 1 fully saturated rings. The van der Waals surface area contributed by atoms with Crippen LogP contribution in [0.2, 0.25) is 0 Å². The van der Waals surface area contributed by atoms with Gasteiger partial charge in [0.1, 0.15) is 0 Å². The number of piperazine rings is 1. The van der Waals surface area contributed by atoms with Gasteiger partial charge in [-0.2, -0.15) is 0 Å². The lowest BCUT2D eigenvalue weighted by Gasteiger charge is -2.31. The molecule has 1 amide bonds. The standard InChI is InChI=1S/C21H25F2N3O3S/c1-3-10-26(15(2)27)20-13-16(25-11-8-24-9-12-25)4-7-21(20)30(28,29)17-5-6-18(22)19(23)14-17/h4-7,13-14,24H,3,8-12H2,1-2H3. The zero-order valence-electron chi connectivity index (χ0n) is 17.0. The SMILES string of the molecule is CCCN(C(C)=O)c1cc(N2CCNCC2)ccc1S(=O)(=O)c1ccc(F)c(F)c1. The van der Waals surface area contributed by atoms with Gasteiger partial charge in [0.2, 0.25) is 15.7 Å². The van der Waals surface area contributed by atoms with E-state index in [9.17, 15) is 22.0 Å². The Labute approximate surface area is 175 Å². The van der Waals surface area contributed by atoms with E-state index in [1.165, 1.54) is 17.9 Å². The van der Waals surface area contributed by atoms with Crippen LogP contribution < -0.4 is 15.1 Å². The highest BCUT2D eigenvalue weighted by molar-refractivity contribution is 7.91. The van der Waals surface area contributed by atoms with Crippen LogP contribution >= 0.6 is 0 Å². The molecule has 0 aromatic heterocycles. The molecule has 1 N–H and O–H groups in total. The average Bonchev–Trinajstić information content (AvgIpc) is 2.73. The highest BCUT2D eigenvalue weighted by Crippen LogP contribution is 2.35. The van der Waals surface area contributed by atoms with Crippen LogP contribution in [0.1, 0.15) is 20.3 Å². The summed E-state index contributed by atoms with van der Waals surface area (Å²) < 4.78 is 53.6. The first-order valence-corrected chi connectivity index (χ1v) is 11.3. The molecule has 0 unspecified atom stereocenters. The molecule has 6 nitrogen and oxygen atoms in total. The lowest BCUT2D eigenvalue weighted by Crippen LogP contribution is -2.43. The summed E-state index contributed by atoms with van der Waals surface area (Å²) in [6, 6.07) is 7.29. The van der Waals surface area contributed by atoms with Crippen molar-refractivity contribution in [3.63, 3.8) is 0 Å². The first kappa shape index (κ1) is 22.2. The maximum atomic E-state index is 13.7. The predicted octanol–water partition coefficient (Wildman–Crippen LogP) is 2.97. The van der Waals surface area contributed by atoms with Gasteiger partial charge in [-0.1, -0.05) is 6.92 Å². The number of amides is 1. The fourth-order valence-electron chi connectivity index (χ4n) is 3.51. The molecule has 0 atom stereocenters. The van der Waals surface area contributed by atoms with Crippen molar-refractivity contribution in [2.24, 2.45) is 0 Å². The van der Waals surface area contributed by atoms with Crippen LogP contribution in [-0.4, -0.2) is 47.0 Å². The van der Waals surface area contributed by atoms with Crippen LogP contribution in [0.4, 0.5) is 20.2 Å². The van der Waals surface area contributed by atoms with Crippen molar-refractivity contribution in [3.05, 3.63) is 48.0 Å². The Morgan fingerprint density at radius 2 is 1.80 bits per heavy atom. The minimum absolute atomic E-state index is 0.115. The molecular weight excluding hydrogens is 412 g/mol. The number of nitrogens with one attached hydrogen (secondary N) is 1. The number of nitrogens with zero attached hydrogens (tertiary/aromatic N) is 2. The van der Waals surface area contributed by atoms with E-state index in [1.54, 1.807) is 12.1 Å². The van der Waals surface area contributed by atoms with Crippen LogP contribution in [0.5, 0.6) is 0 Å². The van der Waals surface area contributed by atoms with Gasteiger partial charge in [0.15, 0.2) is 11.6 Å². The number of hydrogen-bond donors (Lipinski definition) is 1. The van der Waals surface area contributed by atoms with E-state index in [0.717, 1.165) is 44.0 Å². The van der Waals surface area contributed by atoms with Crippen LogP contribution in [-0.2, 0) is 14.6 Å². The van der Waals surface area contributed by atoms with E-state index in [2.05, 4.69) is 10.2 Å². The van der Waals surface area contributed by atoms with E-state index in [0.29, 0.717) is 19.0 Å². The molecule has 162 valence electrons. The highest BCUT2D eigenvalue weighted by Gasteiger charge is 2.27. The quantitative estimate of drug-likeness (QED) is 0.704. The van der Waals surface area contributed by atoms with Crippen molar-refractivity contribution in [2.75, 3.05) is 42.5 Å². The summed E-state index contributed by atoms with van der Waals surface area (Å²) in [4.78, 5) is 15.4. The number of hydrogen-bond acceptors (Lipinski definition) is 5. The largest absolute Gasteiger partial charge is 0.369 e. The van der Waals surface area contributed by atoms with Crippen molar-refractivity contribution in [3.8, 4) is 0 Å². The topological polar surface area (TPSA) is 69.7 Å². The van der Waals surface area contributed by atoms with Gasteiger partial charge in [-0.15, -0.1) is 0 Å². The number of benzene rings is 2. The zero-order chi connectivity index (χ0) is 21.9. The predicted molar refractivity (Wildman–Crippen MR) is 112 cm³/mol. The summed E-state index contributed by atoms with van der Waals surface area (Å²) in [5.74, 6) is -2.66. The van der Waals surface area contributed by atoms with E-state index < -0.39 is 21.5 Å². The summed E-state index contributed by atoms with van der Waals surface area (Å²) in [6.07, 6.45) is 0.627. The Balaban J connectivity index is 2.16. The van der Waals surface area contributed by atoms with Crippen molar-refractivity contribution in [2.45, 2.75) is 30.1 Å². The van der Waals surface area contributed by atoms with Crippen molar-refractivity contribution in [1.82, 2.24) is 5.32 Å². The van der Waals surface area contributed by atoms with Gasteiger partial charge >= 0.3 is 0 Å². The van der Waals surface area contributed by atoms with E-state index in [1.807, 2.05) is 6.92 Å². The number of sulfone groups is 1. The second kappa shape index (κ2) is 9.09. The maximum absolute atomic E-state index is 13.7. The van der Waals surface area contributed by atoms with Crippen molar-refractivity contribution in [1.29, 1.82) is 0 Å². The molecule has 9 heteroatoms. The van der Waals surface area contributed by atoms with E-state index >= 15 is 0 Å². The van der Waals surface area contributed by atoms with Crippen LogP contribution in [0.15, 0.2) is 46.2 Å². The Morgan fingerprint density at radius 3 is 2.40 bits per heavy atom. The highest BCUT2D eigenvalue weighted by atomic mass is 32.2. The summed E-state index contributed by atoms with van der Waals surface area (Å²) in [6.45, 7) is 6.71. The molecule has 1 aliphatic heterocycles. The maximum Gasteiger partial charge on any atom is 0.223 e. The zero-order valence-corrected chi connectivity index (χ0v) is 17.8. The van der Waals surface area contributed by atoms with Gasteiger partial charge in [-0.25, -0.2) is 17.2 Å². The molecule has 0 bridgehead atoms. The summed E-state index contributed by atoms with van der Waals surface area (Å²) in [5.41, 5.74) is 1.04. The molecule has 30 heavy (non-hydrogen) atoms. The first-order chi connectivity index (χ1) is 14.3. The van der Waals surface area contributed by atoms with Crippen LogP contribution in [0.25, 0.3) is 0 Å². The Bertz CT molecular complexity index is 1040. The molecular formula is C21H25F2N3O3S. The average molecular weight is 438 g/mol. The molecule has 1 heterocycles. The van der Waals surface area contributed by atoms with Crippen molar-refractivity contribution >= 4 is 27.1 Å². The summed E-state index contributed by atoms with van der Waals surface area (Å²) in [5, 5.41) is 3.26. The van der Waals surface area contributed by atoms with Crippen LogP contribution in [0, 0.1) is 11.6 Å². The Morgan fingerprint density at radius 1 is 1.10 bits per heavy atom. The molecule has 2 aromatic carbocycles. The molecule has 0 radical (unpaired) electrons. The molecule has 0 saturated carbocycles. The normalized spacial score (nSPS) is 14.6. The molecule has 2 aromatic rings. The lowest BCUT2D eigenvalue weighted by atomic mass is 10.2. The minimum atomic E-state index is -4.18. The van der Waals surface area contributed by atoms with Gasteiger partial charge in [-0.3, -0.25) is 4.79 Å². The van der Waals surface area contributed by atoms with E-state index in [-0.39, 0.29) is 21.4 Å². The smallest absolute Gasteiger partial charge is 0.223 e. The molecule has 0 aliphatic carbocycles. The molecule has 1 saturated heterocycles. The number of halogens is 2. The third-order valence-corrected chi connectivity index (χ3v) is 6.83. The number of carbonyl (C=O) groups is 1. The van der Waals surface area contributed by atoms with Crippen LogP contribution in [0.3, 0.4) is 0 Å². The Kier molecular flexibility index (Phi) is 6.72. The van der Waals surface area contributed by atoms with Crippen molar-refractivity contribution < 1.29 is 22.0 Å². The number of rotatable bonds is 6. The molecule has 3 rings (SSSR count). The second-order valence-electron chi connectivity index (χ2n) is 7.14. The molecule has 0 spiro atoms. The van der Waals surface area contributed by atoms with E-state index in [4.69, 9.17) is 0 Å². The monoisotopic (exact) mass is 437 g/mol. The molecule has 1 aliphatic rings. The summed E-state index contributed by atoms with van der Waals surface area (Å²) in [7, 11) is -4.18. The second-order valence-corrected chi connectivity index (χ2v) is 9.06. The van der Waals surface area contributed by atoms with Gasteiger partial charge in [-0.05, 0) is 42.8 Å². The third kappa shape index (κ3) is 4.46. The van der Waals surface area contributed by atoms with Gasteiger partial charge in [0.05, 0.1) is 15.5 Å². The number of anilines is 2. The fourth-order valence-corrected chi connectivity index (χ4v) is 4.96. The fraction of sp³-hybridized carbons (Fsp3) is 0.381. The lowest BCUT2D eigenvalue weighted by molar-refractivity contribution is -0.116.